The summed E-state index contributed by atoms with van der Waals surface area (Å²) in [4.78, 5) is 23.6. The van der Waals surface area contributed by atoms with Crippen LogP contribution in [0.2, 0.25) is 0 Å². The molecule has 0 radical (unpaired) electrons. The Kier molecular flexibility index (Phi) is 3.74. The van der Waals surface area contributed by atoms with Gasteiger partial charge >= 0.3 is 11.6 Å². The van der Waals surface area contributed by atoms with Crippen LogP contribution < -0.4 is 5.63 Å². The first-order chi connectivity index (χ1) is 10.7. The van der Waals surface area contributed by atoms with E-state index in [2.05, 4.69) is 0 Å². The van der Waals surface area contributed by atoms with Gasteiger partial charge in [-0.2, -0.15) is 0 Å². The Bertz CT molecular complexity index is 893. The molecule has 0 N–H and O–H groups in total. The van der Waals surface area contributed by atoms with Gasteiger partial charge in [0.25, 0.3) is 0 Å². The first kappa shape index (κ1) is 14.1. The predicted molar refractivity (Wildman–Crippen MR) is 83.9 cm³/mol. The van der Waals surface area contributed by atoms with Crippen LogP contribution in [0.4, 0.5) is 0 Å². The van der Waals surface area contributed by atoms with Gasteiger partial charge in [0.1, 0.15) is 5.58 Å². The summed E-state index contributed by atoms with van der Waals surface area (Å²) in [5.74, 6) is -0.378. The molecule has 0 aliphatic rings. The van der Waals surface area contributed by atoms with Crippen molar-refractivity contribution in [3.8, 4) is 11.1 Å². The minimum Gasteiger partial charge on any atom is -0.462 e. The first-order valence-corrected chi connectivity index (χ1v) is 6.99. The van der Waals surface area contributed by atoms with Crippen LogP contribution in [-0.4, -0.2) is 12.6 Å². The average Bonchev–Trinajstić information content (AvgIpc) is 2.54. The maximum Gasteiger partial charge on any atom is 0.338 e. The van der Waals surface area contributed by atoms with E-state index in [0.29, 0.717) is 17.8 Å². The molecule has 0 amide bonds. The number of carbonyl (C=O) groups excluding carboxylic acids is 1. The van der Waals surface area contributed by atoms with E-state index in [1.807, 2.05) is 24.3 Å². The van der Waals surface area contributed by atoms with Crippen molar-refractivity contribution >= 4 is 16.9 Å². The summed E-state index contributed by atoms with van der Waals surface area (Å²) in [6.45, 7) is 2.08. The molecule has 0 aliphatic carbocycles. The fraction of sp³-hybridized carbons (Fsp3) is 0.111. The maximum absolute atomic E-state index is 11.9. The second kappa shape index (κ2) is 5.85. The summed E-state index contributed by atoms with van der Waals surface area (Å²) in [7, 11) is 0. The van der Waals surface area contributed by atoms with E-state index in [4.69, 9.17) is 9.15 Å². The Morgan fingerprint density at radius 1 is 1.09 bits per heavy atom. The topological polar surface area (TPSA) is 56.5 Å². The quantitative estimate of drug-likeness (QED) is 0.546. The third kappa shape index (κ3) is 2.63. The summed E-state index contributed by atoms with van der Waals surface area (Å²) >= 11 is 0. The third-order valence-electron chi connectivity index (χ3n) is 3.33. The summed E-state index contributed by atoms with van der Waals surface area (Å²) < 4.78 is 10.2. The lowest BCUT2D eigenvalue weighted by Crippen LogP contribution is -2.04. The van der Waals surface area contributed by atoms with Gasteiger partial charge in [-0.1, -0.05) is 30.3 Å². The van der Waals surface area contributed by atoms with Crippen LogP contribution in [-0.2, 0) is 4.74 Å². The van der Waals surface area contributed by atoms with Gasteiger partial charge in [0.15, 0.2) is 0 Å². The first-order valence-electron chi connectivity index (χ1n) is 6.99. The van der Waals surface area contributed by atoms with E-state index in [1.165, 1.54) is 6.07 Å². The molecule has 0 atom stereocenters. The van der Waals surface area contributed by atoms with E-state index in [9.17, 15) is 9.59 Å². The Morgan fingerprint density at radius 3 is 2.73 bits per heavy atom. The van der Waals surface area contributed by atoms with Gasteiger partial charge in [-0.15, -0.1) is 0 Å². The highest BCUT2D eigenvalue weighted by atomic mass is 16.5. The molecule has 110 valence electrons. The van der Waals surface area contributed by atoms with Crippen molar-refractivity contribution in [2.75, 3.05) is 6.61 Å². The largest absolute Gasteiger partial charge is 0.462 e. The van der Waals surface area contributed by atoms with E-state index in [-0.39, 0.29) is 5.97 Å². The van der Waals surface area contributed by atoms with Crippen molar-refractivity contribution in [3.63, 3.8) is 0 Å². The zero-order valence-electron chi connectivity index (χ0n) is 12.0. The Hall–Kier alpha value is -2.88. The van der Waals surface area contributed by atoms with Gasteiger partial charge in [0.2, 0.25) is 0 Å². The molecule has 0 saturated carbocycles. The number of benzene rings is 2. The van der Waals surface area contributed by atoms with Crippen molar-refractivity contribution in [1.82, 2.24) is 0 Å². The van der Waals surface area contributed by atoms with Gasteiger partial charge in [0, 0.05) is 11.5 Å². The third-order valence-corrected chi connectivity index (χ3v) is 3.33. The minimum absolute atomic E-state index is 0.320. The maximum atomic E-state index is 11.9. The van der Waals surface area contributed by atoms with Crippen molar-refractivity contribution in [2.24, 2.45) is 0 Å². The van der Waals surface area contributed by atoms with Gasteiger partial charge in [-0.05, 0) is 36.2 Å². The molecular formula is C18H14O4. The molecule has 3 rings (SSSR count). The number of ether oxygens (including phenoxy) is 1. The van der Waals surface area contributed by atoms with Gasteiger partial charge in [-0.25, -0.2) is 9.59 Å². The van der Waals surface area contributed by atoms with Gasteiger partial charge in [-0.3, -0.25) is 0 Å². The molecule has 4 heteroatoms. The van der Waals surface area contributed by atoms with E-state index in [1.54, 1.807) is 31.2 Å². The van der Waals surface area contributed by atoms with Crippen molar-refractivity contribution in [3.05, 3.63) is 70.6 Å². The minimum atomic E-state index is -0.421. The Labute approximate surface area is 127 Å². The van der Waals surface area contributed by atoms with Crippen LogP contribution in [0, 0.1) is 0 Å². The average molecular weight is 294 g/mol. The van der Waals surface area contributed by atoms with Crippen LogP contribution in [0.5, 0.6) is 0 Å². The highest BCUT2D eigenvalue weighted by Crippen LogP contribution is 2.27. The van der Waals surface area contributed by atoms with Crippen LogP contribution in [0.3, 0.4) is 0 Å². The number of hydrogen-bond acceptors (Lipinski definition) is 4. The zero-order chi connectivity index (χ0) is 15.5. The molecule has 2 aromatic carbocycles. The highest BCUT2D eigenvalue weighted by Gasteiger charge is 2.11. The van der Waals surface area contributed by atoms with E-state index in [0.717, 1.165) is 16.5 Å². The molecule has 1 aromatic heterocycles. The standard InChI is InChI=1S/C18H14O4/c1-2-21-18(20)13-7-5-6-12(10-13)15-11-17(19)22-16-9-4-3-8-14(15)16/h3-11H,2H2,1H3. The molecule has 4 nitrogen and oxygen atoms in total. The molecule has 0 spiro atoms. The second-order valence-electron chi connectivity index (χ2n) is 4.78. The molecule has 22 heavy (non-hydrogen) atoms. The van der Waals surface area contributed by atoms with Crippen LogP contribution in [0.15, 0.2) is 63.8 Å². The van der Waals surface area contributed by atoms with Crippen molar-refractivity contribution in [1.29, 1.82) is 0 Å². The second-order valence-corrected chi connectivity index (χ2v) is 4.78. The van der Waals surface area contributed by atoms with Crippen LogP contribution in [0.25, 0.3) is 22.1 Å². The zero-order valence-corrected chi connectivity index (χ0v) is 12.0. The molecule has 0 aliphatic heterocycles. The molecule has 1 heterocycles. The SMILES string of the molecule is CCOC(=O)c1cccc(-c2cc(=O)oc3ccccc23)c1. The number of para-hydroxylation sites is 1. The van der Waals surface area contributed by atoms with Crippen LogP contribution in [0.1, 0.15) is 17.3 Å². The summed E-state index contributed by atoms with van der Waals surface area (Å²) in [6, 6.07) is 15.8. The van der Waals surface area contributed by atoms with Crippen molar-refractivity contribution in [2.45, 2.75) is 6.92 Å². The number of carbonyl (C=O) groups is 1. The Balaban J connectivity index is 2.18. The number of fused-ring (bicyclic) bond motifs is 1. The summed E-state index contributed by atoms with van der Waals surface area (Å²) in [6.07, 6.45) is 0. The monoisotopic (exact) mass is 294 g/mol. The lowest BCUT2D eigenvalue weighted by Gasteiger charge is -2.07. The smallest absolute Gasteiger partial charge is 0.338 e. The summed E-state index contributed by atoms with van der Waals surface area (Å²) in [5, 5.41) is 0.822. The Morgan fingerprint density at radius 2 is 1.91 bits per heavy atom. The lowest BCUT2D eigenvalue weighted by atomic mass is 10.0. The lowest BCUT2D eigenvalue weighted by molar-refractivity contribution is 0.0526. The van der Waals surface area contributed by atoms with Gasteiger partial charge in [0.05, 0.1) is 12.2 Å². The molecule has 3 aromatic rings. The van der Waals surface area contributed by atoms with E-state index < -0.39 is 5.63 Å². The van der Waals surface area contributed by atoms with Crippen molar-refractivity contribution < 1.29 is 13.9 Å². The molecule has 0 saturated heterocycles. The molecular weight excluding hydrogens is 280 g/mol. The predicted octanol–water partition coefficient (Wildman–Crippen LogP) is 3.64. The molecule has 0 fully saturated rings. The van der Waals surface area contributed by atoms with E-state index >= 15 is 0 Å². The number of hydrogen-bond donors (Lipinski definition) is 0. The molecule has 0 bridgehead atoms. The fourth-order valence-electron chi connectivity index (χ4n) is 2.38. The fourth-order valence-corrected chi connectivity index (χ4v) is 2.38. The normalized spacial score (nSPS) is 10.6. The number of rotatable bonds is 3. The van der Waals surface area contributed by atoms with Gasteiger partial charge < -0.3 is 9.15 Å². The highest BCUT2D eigenvalue weighted by molar-refractivity contribution is 5.96. The van der Waals surface area contributed by atoms with Crippen LogP contribution >= 0.6 is 0 Å². The molecule has 0 unspecified atom stereocenters. The summed E-state index contributed by atoms with van der Waals surface area (Å²) in [5.41, 5.74) is 2.06. The number of esters is 1.